The molecular weight excluding hydrogens is 296 g/mol. The molecule has 1 aliphatic rings. The van der Waals surface area contributed by atoms with E-state index < -0.39 is 0 Å². The molecule has 1 heterocycles. The van der Waals surface area contributed by atoms with Crippen molar-refractivity contribution in [1.29, 1.82) is 0 Å². The van der Waals surface area contributed by atoms with E-state index in [1.807, 2.05) is 11.8 Å². The fourth-order valence-electron chi connectivity index (χ4n) is 2.56. The molecule has 0 aliphatic carbocycles. The van der Waals surface area contributed by atoms with Crippen molar-refractivity contribution in [1.82, 2.24) is 4.90 Å². The number of piperidine rings is 1. The van der Waals surface area contributed by atoms with Gasteiger partial charge in [0.15, 0.2) is 0 Å². The third kappa shape index (κ3) is 9.71. The number of carbonyl (C=O) groups is 1. The maximum atomic E-state index is 12.1. The predicted octanol–water partition coefficient (Wildman–Crippen LogP) is 1.20. The van der Waals surface area contributed by atoms with Gasteiger partial charge in [-0.25, -0.2) is 0 Å². The highest BCUT2D eigenvalue weighted by atomic mass is 16.5. The number of likely N-dealkylation sites (tertiary alicyclic amines) is 1. The molecule has 0 radical (unpaired) electrons. The van der Waals surface area contributed by atoms with E-state index in [9.17, 15) is 4.79 Å². The molecule has 6 nitrogen and oxygen atoms in total. The Hall–Kier alpha value is -0.950. The van der Waals surface area contributed by atoms with Gasteiger partial charge in [0.1, 0.15) is 0 Å². The number of hydrogen-bond acceptors (Lipinski definition) is 5. The van der Waals surface area contributed by atoms with Crippen molar-refractivity contribution in [2.45, 2.75) is 26.2 Å². The van der Waals surface area contributed by atoms with Crippen LogP contribution in [0.15, 0.2) is 12.2 Å². The molecule has 0 aromatic heterocycles. The van der Waals surface area contributed by atoms with Crippen molar-refractivity contribution in [3.05, 3.63) is 12.2 Å². The Morgan fingerprint density at radius 3 is 2.17 bits per heavy atom. The summed E-state index contributed by atoms with van der Waals surface area (Å²) in [5, 5.41) is 0. The molecule has 1 aliphatic heterocycles. The summed E-state index contributed by atoms with van der Waals surface area (Å²) in [6, 6.07) is 0. The number of carbonyl (C=O) groups excluding carboxylic acids is 1. The maximum absolute atomic E-state index is 12.1. The minimum Gasteiger partial charge on any atom is -0.379 e. The topological polar surface area (TPSA) is 74.0 Å². The average Bonchev–Trinajstić information content (AvgIpc) is 2.57. The molecule has 0 spiro atoms. The van der Waals surface area contributed by atoms with Crippen LogP contribution in [0.1, 0.15) is 26.2 Å². The number of nitrogens with zero attached hydrogens (tertiary/aromatic N) is 1. The molecule has 1 saturated heterocycles. The Balaban J connectivity index is 1.92. The summed E-state index contributed by atoms with van der Waals surface area (Å²) in [5.41, 5.74) is 5.30. The lowest BCUT2D eigenvalue weighted by Gasteiger charge is -2.30. The summed E-state index contributed by atoms with van der Waals surface area (Å²) in [4.78, 5) is 14.0. The van der Waals surface area contributed by atoms with Gasteiger partial charge in [0.2, 0.25) is 5.91 Å². The molecule has 0 aromatic carbocycles. The average molecular weight is 328 g/mol. The fraction of sp³-hybridized carbons (Fsp3) is 0.824. The zero-order chi connectivity index (χ0) is 16.8. The van der Waals surface area contributed by atoms with Crippen LogP contribution in [-0.2, 0) is 19.0 Å². The molecule has 6 heteroatoms. The molecule has 0 atom stereocenters. The Kier molecular flexibility index (Phi) is 11.8. The number of ether oxygens (including phenoxy) is 3. The van der Waals surface area contributed by atoms with Gasteiger partial charge in [-0.05, 0) is 25.7 Å². The first kappa shape index (κ1) is 20.1. The lowest BCUT2D eigenvalue weighted by Crippen LogP contribution is -2.38. The van der Waals surface area contributed by atoms with Crippen molar-refractivity contribution >= 4 is 5.91 Å². The van der Waals surface area contributed by atoms with Crippen LogP contribution in [0.4, 0.5) is 0 Å². The van der Waals surface area contributed by atoms with Crippen LogP contribution < -0.4 is 5.73 Å². The first-order chi connectivity index (χ1) is 11.3. The van der Waals surface area contributed by atoms with Gasteiger partial charge >= 0.3 is 0 Å². The maximum Gasteiger partial charge on any atom is 0.224 e. The molecule has 1 fully saturated rings. The molecule has 1 rings (SSSR count). The molecule has 0 bridgehead atoms. The van der Waals surface area contributed by atoms with Gasteiger partial charge < -0.3 is 24.8 Å². The molecule has 0 saturated carbocycles. The molecule has 0 unspecified atom stereocenters. The second-order valence-electron chi connectivity index (χ2n) is 5.62. The number of rotatable bonds is 12. The summed E-state index contributed by atoms with van der Waals surface area (Å²) in [6.07, 6.45) is 6.93. The largest absolute Gasteiger partial charge is 0.379 e. The summed E-state index contributed by atoms with van der Waals surface area (Å²) < 4.78 is 16.0. The van der Waals surface area contributed by atoms with E-state index in [1.165, 1.54) is 0 Å². The zero-order valence-electron chi connectivity index (χ0n) is 14.4. The van der Waals surface area contributed by atoms with E-state index in [2.05, 4.69) is 12.2 Å². The van der Waals surface area contributed by atoms with Crippen molar-refractivity contribution < 1.29 is 19.0 Å². The third-order valence-electron chi connectivity index (χ3n) is 3.82. The second-order valence-corrected chi connectivity index (χ2v) is 5.62. The highest BCUT2D eigenvalue weighted by Crippen LogP contribution is 2.18. The van der Waals surface area contributed by atoms with Crippen molar-refractivity contribution in [3.8, 4) is 0 Å². The molecule has 2 N–H and O–H groups in total. The van der Waals surface area contributed by atoms with E-state index >= 15 is 0 Å². The minimum absolute atomic E-state index is 0.194. The normalized spacial score (nSPS) is 16.3. The van der Waals surface area contributed by atoms with Gasteiger partial charge in [0.25, 0.3) is 0 Å². The Bertz CT molecular complexity index is 329. The van der Waals surface area contributed by atoms with Crippen molar-refractivity contribution in [2.75, 3.05) is 59.3 Å². The number of amides is 1. The summed E-state index contributed by atoms with van der Waals surface area (Å²) in [7, 11) is 0. The van der Waals surface area contributed by atoms with E-state index in [1.54, 1.807) is 0 Å². The highest BCUT2D eigenvalue weighted by molar-refractivity contribution is 5.76. The Morgan fingerprint density at radius 1 is 1.04 bits per heavy atom. The molecule has 134 valence electrons. The zero-order valence-corrected chi connectivity index (χ0v) is 14.4. The lowest BCUT2D eigenvalue weighted by molar-refractivity contribution is -0.133. The molecular formula is C17H32N2O4. The Labute approximate surface area is 139 Å². The summed E-state index contributed by atoms with van der Waals surface area (Å²) >= 11 is 0. The molecule has 23 heavy (non-hydrogen) atoms. The van der Waals surface area contributed by atoms with Crippen molar-refractivity contribution in [2.24, 2.45) is 11.7 Å². The highest BCUT2D eigenvalue weighted by Gasteiger charge is 2.20. The van der Waals surface area contributed by atoms with Gasteiger partial charge in [-0.1, -0.05) is 12.2 Å². The quantitative estimate of drug-likeness (QED) is 0.430. The predicted molar refractivity (Wildman–Crippen MR) is 90.2 cm³/mol. The first-order valence-corrected chi connectivity index (χ1v) is 8.61. The van der Waals surface area contributed by atoms with Crippen LogP contribution in [0.25, 0.3) is 0 Å². The van der Waals surface area contributed by atoms with Gasteiger partial charge in [-0.15, -0.1) is 0 Å². The number of allylic oxidation sites excluding steroid dienone is 2. The second kappa shape index (κ2) is 13.5. The lowest BCUT2D eigenvalue weighted by atomic mass is 9.96. The van der Waals surface area contributed by atoms with Crippen LogP contribution in [0.5, 0.6) is 0 Å². The summed E-state index contributed by atoms with van der Waals surface area (Å²) in [5.74, 6) is 0.825. The van der Waals surface area contributed by atoms with Crippen LogP contribution >= 0.6 is 0 Å². The smallest absolute Gasteiger partial charge is 0.224 e. The van der Waals surface area contributed by atoms with E-state index in [4.69, 9.17) is 19.9 Å². The van der Waals surface area contributed by atoms with Gasteiger partial charge in [0.05, 0.1) is 46.1 Å². The van der Waals surface area contributed by atoms with Gasteiger partial charge in [-0.3, -0.25) is 4.79 Å². The van der Waals surface area contributed by atoms with Crippen LogP contribution in [0.3, 0.4) is 0 Å². The van der Waals surface area contributed by atoms with Crippen LogP contribution in [0.2, 0.25) is 0 Å². The van der Waals surface area contributed by atoms with E-state index in [0.717, 1.165) is 25.9 Å². The Morgan fingerprint density at radius 2 is 1.61 bits per heavy atom. The fourth-order valence-corrected chi connectivity index (χ4v) is 2.56. The van der Waals surface area contributed by atoms with Gasteiger partial charge in [0, 0.05) is 19.6 Å². The summed E-state index contributed by atoms with van der Waals surface area (Å²) in [6.45, 7) is 7.45. The molecule has 0 aromatic rings. The van der Waals surface area contributed by atoms with E-state index in [0.29, 0.717) is 58.5 Å². The standard InChI is InChI=1S/C17H32N2O4/c1-2-3-16-4-8-19(9-5-16)17(20)6-10-21-12-14-23-15-13-22-11-7-18/h2-3,16H,4-15,18H2,1H3/b3-2+. The van der Waals surface area contributed by atoms with E-state index in [-0.39, 0.29) is 5.91 Å². The SMILES string of the molecule is C/C=C/C1CCN(C(=O)CCOCCOCCOCCN)CC1. The van der Waals surface area contributed by atoms with Crippen molar-refractivity contribution in [3.63, 3.8) is 0 Å². The van der Waals surface area contributed by atoms with Gasteiger partial charge in [-0.2, -0.15) is 0 Å². The monoisotopic (exact) mass is 328 g/mol. The number of hydrogen-bond donors (Lipinski definition) is 1. The van der Waals surface area contributed by atoms with Crippen LogP contribution in [-0.4, -0.2) is 70.1 Å². The number of nitrogens with two attached hydrogens (primary N) is 1. The minimum atomic E-state index is 0.194. The first-order valence-electron chi connectivity index (χ1n) is 8.61. The van der Waals surface area contributed by atoms with Crippen LogP contribution in [0, 0.1) is 5.92 Å². The molecule has 1 amide bonds. The third-order valence-corrected chi connectivity index (χ3v) is 3.82.